The van der Waals surface area contributed by atoms with Gasteiger partial charge in [0.25, 0.3) is 5.56 Å². The van der Waals surface area contributed by atoms with E-state index in [1.54, 1.807) is 51.1 Å². The van der Waals surface area contributed by atoms with Gasteiger partial charge in [0.05, 0.1) is 17.3 Å². The molecule has 3 aromatic heterocycles. The summed E-state index contributed by atoms with van der Waals surface area (Å²) in [5, 5.41) is 8.23. The van der Waals surface area contributed by atoms with Crippen LogP contribution in [0.3, 0.4) is 0 Å². The van der Waals surface area contributed by atoms with Crippen molar-refractivity contribution in [3.8, 4) is 11.1 Å². The van der Waals surface area contributed by atoms with Crippen molar-refractivity contribution in [2.24, 2.45) is 0 Å². The first kappa shape index (κ1) is 19.1. The topological polar surface area (TPSA) is 83.8 Å². The van der Waals surface area contributed by atoms with Crippen molar-refractivity contribution in [2.75, 3.05) is 5.32 Å². The number of halogens is 2. The number of anilines is 1. The minimum Gasteiger partial charge on any atom is -0.361 e. The molecular formula is C21H18ClFN4O2. The molecular weight excluding hydrogens is 395 g/mol. The van der Waals surface area contributed by atoms with E-state index in [1.807, 2.05) is 0 Å². The number of nitrogens with zero attached hydrogens (tertiary/aromatic N) is 2. The van der Waals surface area contributed by atoms with E-state index in [0.29, 0.717) is 38.7 Å². The third-order valence-electron chi connectivity index (χ3n) is 4.85. The van der Waals surface area contributed by atoms with Gasteiger partial charge in [-0.3, -0.25) is 4.79 Å². The Kier molecular flexibility index (Phi) is 4.84. The fourth-order valence-electron chi connectivity index (χ4n) is 3.40. The summed E-state index contributed by atoms with van der Waals surface area (Å²) in [5.41, 5.74) is 2.39. The van der Waals surface area contributed by atoms with Gasteiger partial charge in [0.1, 0.15) is 5.76 Å². The first-order chi connectivity index (χ1) is 13.8. The van der Waals surface area contributed by atoms with Gasteiger partial charge in [0.2, 0.25) is 0 Å². The highest BCUT2D eigenvalue weighted by atomic mass is 35.5. The predicted octanol–water partition coefficient (Wildman–Crippen LogP) is 5.16. The SMILES string of the molecule is Cc1noc(C)c1-c1ccnc(N[C@@H](C)c2cc3cc(Cl)ccc3[nH]c2=O)c1F. The highest BCUT2D eigenvalue weighted by molar-refractivity contribution is 6.31. The third-order valence-corrected chi connectivity index (χ3v) is 5.08. The molecule has 1 atom stereocenters. The van der Waals surface area contributed by atoms with Crippen LogP contribution in [0.1, 0.15) is 30.0 Å². The molecule has 2 N–H and O–H groups in total. The lowest BCUT2D eigenvalue weighted by atomic mass is 10.0. The molecule has 0 bridgehead atoms. The Morgan fingerprint density at radius 2 is 2.03 bits per heavy atom. The summed E-state index contributed by atoms with van der Waals surface area (Å²) < 4.78 is 20.3. The second-order valence-electron chi connectivity index (χ2n) is 6.87. The average Bonchev–Trinajstić information content (AvgIpc) is 3.01. The zero-order valence-corrected chi connectivity index (χ0v) is 16.8. The lowest BCUT2D eigenvalue weighted by molar-refractivity contribution is 0.393. The molecule has 0 saturated heterocycles. The van der Waals surface area contributed by atoms with Crippen molar-refractivity contribution in [3.63, 3.8) is 0 Å². The van der Waals surface area contributed by atoms with Crippen LogP contribution in [-0.2, 0) is 0 Å². The van der Waals surface area contributed by atoms with Gasteiger partial charge in [-0.25, -0.2) is 9.37 Å². The maximum Gasteiger partial charge on any atom is 0.253 e. The van der Waals surface area contributed by atoms with Crippen LogP contribution in [0.5, 0.6) is 0 Å². The van der Waals surface area contributed by atoms with Gasteiger partial charge >= 0.3 is 0 Å². The summed E-state index contributed by atoms with van der Waals surface area (Å²) >= 11 is 6.05. The van der Waals surface area contributed by atoms with E-state index in [-0.39, 0.29) is 11.4 Å². The Morgan fingerprint density at radius 1 is 1.24 bits per heavy atom. The average molecular weight is 413 g/mol. The molecule has 29 heavy (non-hydrogen) atoms. The molecule has 3 heterocycles. The van der Waals surface area contributed by atoms with Crippen LogP contribution in [0.15, 0.2) is 45.8 Å². The molecule has 0 aliphatic rings. The van der Waals surface area contributed by atoms with Crippen LogP contribution in [-0.4, -0.2) is 15.1 Å². The van der Waals surface area contributed by atoms with Crippen LogP contribution in [0, 0.1) is 19.7 Å². The number of fused-ring (bicyclic) bond motifs is 1. The number of hydrogen-bond acceptors (Lipinski definition) is 5. The van der Waals surface area contributed by atoms with E-state index in [4.69, 9.17) is 16.1 Å². The largest absolute Gasteiger partial charge is 0.361 e. The number of pyridine rings is 2. The zero-order valence-electron chi connectivity index (χ0n) is 16.0. The molecule has 8 heteroatoms. The van der Waals surface area contributed by atoms with Crippen molar-refractivity contribution in [2.45, 2.75) is 26.8 Å². The number of aryl methyl sites for hydroxylation is 2. The van der Waals surface area contributed by atoms with Crippen molar-refractivity contribution in [1.82, 2.24) is 15.1 Å². The van der Waals surface area contributed by atoms with Crippen molar-refractivity contribution >= 4 is 28.3 Å². The number of nitrogens with one attached hydrogen (secondary N) is 2. The van der Waals surface area contributed by atoms with Crippen LogP contribution < -0.4 is 10.9 Å². The Bertz CT molecular complexity index is 1260. The highest BCUT2D eigenvalue weighted by Crippen LogP contribution is 2.32. The van der Waals surface area contributed by atoms with E-state index < -0.39 is 11.9 Å². The Hall–Kier alpha value is -3.19. The molecule has 0 radical (unpaired) electrons. The molecule has 0 spiro atoms. The van der Waals surface area contributed by atoms with Gasteiger partial charge in [-0.1, -0.05) is 16.8 Å². The van der Waals surface area contributed by atoms with Gasteiger partial charge in [-0.05, 0) is 51.1 Å². The van der Waals surface area contributed by atoms with Crippen molar-refractivity contribution < 1.29 is 8.91 Å². The normalized spacial score (nSPS) is 12.3. The number of benzene rings is 1. The minimum atomic E-state index is -0.533. The molecule has 0 saturated carbocycles. The summed E-state index contributed by atoms with van der Waals surface area (Å²) in [6.07, 6.45) is 1.50. The fraction of sp³-hybridized carbons (Fsp3) is 0.190. The standard InChI is InChI=1S/C21H18ClFN4O2/c1-10(16-9-13-8-14(22)4-5-17(13)26-21(16)28)25-20-19(23)15(6-7-24-20)18-11(2)27-29-12(18)3/h4-10H,1-3H3,(H,24,25)(H,26,28)/t10-/m0/s1. The maximum atomic E-state index is 15.2. The number of rotatable bonds is 4. The maximum absolute atomic E-state index is 15.2. The third kappa shape index (κ3) is 3.49. The van der Waals surface area contributed by atoms with E-state index in [0.717, 1.165) is 5.39 Å². The summed E-state index contributed by atoms with van der Waals surface area (Å²) in [7, 11) is 0. The Balaban J connectivity index is 1.72. The first-order valence-corrected chi connectivity index (χ1v) is 9.39. The van der Waals surface area contributed by atoms with Crippen LogP contribution in [0.25, 0.3) is 22.0 Å². The number of hydrogen-bond donors (Lipinski definition) is 2. The molecule has 148 valence electrons. The van der Waals surface area contributed by atoms with Gasteiger partial charge in [-0.2, -0.15) is 0 Å². The molecule has 4 aromatic rings. The lowest BCUT2D eigenvalue weighted by Crippen LogP contribution is -2.20. The van der Waals surface area contributed by atoms with E-state index in [1.165, 1.54) is 6.20 Å². The predicted molar refractivity (Wildman–Crippen MR) is 111 cm³/mol. The monoisotopic (exact) mass is 412 g/mol. The van der Waals surface area contributed by atoms with Crippen LogP contribution >= 0.6 is 11.6 Å². The van der Waals surface area contributed by atoms with Gasteiger partial charge < -0.3 is 14.8 Å². The van der Waals surface area contributed by atoms with Gasteiger partial charge in [0.15, 0.2) is 11.6 Å². The smallest absolute Gasteiger partial charge is 0.253 e. The number of aromatic amines is 1. The minimum absolute atomic E-state index is 0.0422. The second-order valence-corrected chi connectivity index (χ2v) is 7.31. The highest BCUT2D eigenvalue weighted by Gasteiger charge is 2.20. The number of aromatic nitrogens is 3. The molecule has 0 aliphatic carbocycles. The molecule has 0 fully saturated rings. The fourth-order valence-corrected chi connectivity index (χ4v) is 3.58. The summed E-state index contributed by atoms with van der Waals surface area (Å²) in [4.78, 5) is 19.5. The summed E-state index contributed by atoms with van der Waals surface area (Å²) in [6.45, 7) is 5.25. The zero-order chi connectivity index (χ0) is 20.7. The Morgan fingerprint density at radius 3 is 2.76 bits per heavy atom. The molecule has 0 aliphatic heterocycles. The van der Waals surface area contributed by atoms with Crippen LogP contribution in [0.4, 0.5) is 10.2 Å². The number of H-pyrrole nitrogens is 1. The van der Waals surface area contributed by atoms with Gasteiger partial charge in [0, 0.05) is 33.2 Å². The Labute approximate surface area is 170 Å². The molecule has 0 unspecified atom stereocenters. The van der Waals surface area contributed by atoms with E-state index >= 15 is 4.39 Å². The lowest BCUT2D eigenvalue weighted by Gasteiger charge is -2.16. The molecule has 6 nitrogen and oxygen atoms in total. The van der Waals surface area contributed by atoms with E-state index in [2.05, 4.69) is 20.4 Å². The second kappa shape index (κ2) is 7.33. The van der Waals surface area contributed by atoms with Crippen molar-refractivity contribution in [1.29, 1.82) is 0 Å². The summed E-state index contributed by atoms with van der Waals surface area (Å²) in [5.74, 6) is 0.0315. The summed E-state index contributed by atoms with van der Waals surface area (Å²) in [6, 6.07) is 8.04. The molecule has 0 amide bonds. The van der Waals surface area contributed by atoms with Crippen LogP contribution in [0.2, 0.25) is 5.02 Å². The van der Waals surface area contributed by atoms with Gasteiger partial charge in [-0.15, -0.1) is 0 Å². The molecule has 4 rings (SSSR count). The quantitative estimate of drug-likeness (QED) is 0.483. The van der Waals surface area contributed by atoms with Crippen molar-refractivity contribution in [3.05, 3.63) is 74.7 Å². The molecule has 1 aromatic carbocycles. The van der Waals surface area contributed by atoms with E-state index in [9.17, 15) is 4.79 Å². The first-order valence-electron chi connectivity index (χ1n) is 9.02.